The molecular formula is C16H12FN3. The summed E-state index contributed by atoms with van der Waals surface area (Å²) < 4.78 is 15.1. The number of hydrogen-bond acceptors (Lipinski definition) is 2. The van der Waals surface area contributed by atoms with Crippen molar-refractivity contribution in [3.8, 4) is 11.8 Å². The highest BCUT2D eigenvalue weighted by atomic mass is 19.1. The van der Waals surface area contributed by atoms with Gasteiger partial charge < -0.3 is 10.3 Å². The molecule has 98 valence electrons. The first-order valence-corrected chi connectivity index (χ1v) is 6.23. The van der Waals surface area contributed by atoms with Gasteiger partial charge in [0.15, 0.2) is 0 Å². The smallest absolute Gasteiger partial charge is 0.125 e. The van der Waals surface area contributed by atoms with Crippen LogP contribution < -0.4 is 5.73 Å². The highest BCUT2D eigenvalue weighted by Crippen LogP contribution is 2.25. The Bertz CT molecular complexity index is 810. The van der Waals surface area contributed by atoms with Gasteiger partial charge in [0.05, 0.1) is 5.52 Å². The number of nitrogens with zero attached hydrogens (tertiary/aromatic N) is 2. The zero-order valence-corrected chi connectivity index (χ0v) is 10.7. The van der Waals surface area contributed by atoms with E-state index >= 15 is 0 Å². The Hall–Kier alpha value is -2.64. The van der Waals surface area contributed by atoms with E-state index in [0.29, 0.717) is 17.6 Å². The topological polar surface area (TPSA) is 54.7 Å². The molecule has 0 atom stereocenters. The Morgan fingerprint density at radius 3 is 2.50 bits per heavy atom. The Morgan fingerprint density at radius 2 is 1.85 bits per heavy atom. The Kier molecular flexibility index (Phi) is 2.97. The van der Waals surface area contributed by atoms with Gasteiger partial charge in [0.1, 0.15) is 17.6 Å². The summed E-state index contributed by atoms with van der Waals surface area (Å²) in [5.74, 6) is -0.308. The standard InChI is InChI=1S/C16H12FN3/c17-13-3-6-16-12(7-13)8-15(10-19)20(16)14-4-1-11(9-18)2-5-14/h1-8H,9,18H2. The molecule has 2 aromatic carbocycles. The Labute approximate surface area is 115 Å². The minimum atomic E-state index is -0.308. The van der Waals surface area contributed by atoms with Gasteiger partial charge in [-0.15, -0.1) is 0 Å². The molecule has 0 aliphatic rings. The van der Waals surface area contributed by atoms with Crippen LogP contribution in [0, 0.1) is 17.1 Å². The second-order valence-corrected chi connectivity index (χ2v) is 4.55. The third-order valence-corrected chi connectivity index (χ3v) is 3.31. The molecule has 3 rings (SSSR count). The maximum absolute atomic E-state index is 13.3. The van der Waals surface area contributed by atoms with Crippen molar-refractivity contribution in [1.82, 2.24) is 4.57 Å². The van der Waals surface area contributed by atoms with Gasteiger partial charge >= 0.3 is 0 Å². The molecule has 1 heterocycles. The van der Waals surface area contributed by atoms with Crippen molar-refractivity contribution in [2.24, 2.45) is 5.73 Å². The summed E-state index contributed by atoms with van der Waals surface area (Å²) in [6.07, 6.45) is 0. The molecule has 3 nitrogen and oxygen atoms in total. The largest absolute Gasteiger partial charge is 0.326 e. The van der Waals surface area contributed by atoms with Crippen molar-refractivity contribution < 1.29 is 4.39 Å². The number of rotatable bonds is 2. The van der Waals surface area contributed by atoms with Crippen molar-refractivity contribution >= 4 is 10.9 Å². The average Bonchev–Trinajstić information content (AvgIpc) is 2.84. The lowest BCUT2D eigenvalue weighted by Crippen LogP contribution is -1.99. The fraction of sp³-hybridized carbons (Fsp3) is 0.0625. The van der Waals surface area contributed by atoms with Crippen molar-refractivity contribution in [1.29, 1.82) is 5.26 Å². The summed E-state index contributed by atoms with van der Waals surface area (Å²) in [5.41, 5.74) is 8.75. The molecule has 2 N–H and O–H groups in total. The van der Waals surface area contributed by atoms with Gasteiger partial charge in [-0.1, -0.05) is 12.1 Å². The van der Waals surface area contributed by atoms with Crippen LogP contribution in [-0.2, 0) is 6.54 Å². The summed E-state index contributed by atoms with van der Waals surface area (Å²) in [6.45, 7) is 0.475. The predicted molar refractivity (Wildman–Crippen MR) is 75.8 cm³/mol. The average molecular weight is 265 g/mol. The normalized spacial score (nSPS) is 10.7. The molecule has 3 aromatic rings. The predicted octanol–water partition coefficient (Wildman–Crippen LogP) is 3.10. The van der Waals surface area contributed by atoms with Crippen molar-refractivity contribution in [2.45, 2.75) is 6.54 Å². The van der Waals surface area contributed by atoms with E-state index in [1.807, 2.05) is 28.8 Å². The molecule has 0 fully saturated rings. The second-order valence-electron chi connectivity index (χ2n) is 4.55. The monoisotopic (exact) mass is 265 g/mol. The van der Waals surface area contributed by atoms with Gasteiger partial charge in [-0.25, -0.2) is 4.39 Å². The molecule has 0 saturated carbocycles. The number of fused-ring (bicyclic) bond motifs is 1. The molecule has 0 amide bonds. The van der Waals surface area contributed by atoms with Crippen LogP contribution in [0.25, 0.3) is 16.6 Å². The Balaban J connectivity index is 2.25. The van der Waals surface area contributed by atoms with Crippen LogP contribution in [0.5, 0.6) is 0 Å². The number of aromatic nitrogens is 1. The third kappa shape index (κ3) is 1.94. The van der Waals surface area contributed by atoms with Gasteiger partial charge in [-0.2, -0.15) is 5.26 Å². The first-order valence-electron chi connectivity index (χ1n) is 6.23. The lowest BCUT2D eigenvalue weighted by atomic mass is 10.2. The Morgan fingerprint density at radius 1 is 1.10 bits per heavy atom. The number of nitrogens with two attached hydrogens (primary N) is 1. The van der Waals surface area contributed by atoms with Crippen LogP contribution >= 0.6 is 0 Å². The summed E-state index contributed by atoms with van der Waals surface area (Å²) in [4.78, 5) is 0. The fourth-order valence-electron chi connectivity index (χ4n) is 2.33. The minimum Gasteiger partial charge on any atom is -0.326 e. The van der Waals surface area contributed by atoms with Crippen LogP contribution in [0.1, 0.15) is 11.3 Å². The SMILES string of the molecule is N#Cc1cc2cc(F)ccc2n1-c1ccc(CN)cc1. The van der Waals surface area contributed by atoms with Crippen molar-refractivity contribution in [3.63, 3.8) is 0 Å². The maximum Gasteiger partial charge on any atom is 0.125 e. The second kappa shape index (κ2) is 4.80. The highest BCUT2D eigenvalue weighted by Gasteiger charge is 2.10. The van der Waals surface area contributed by atoms with Crippen LogP contribution in [-0.4, -0.2) is 4.57 Å². The lowest BCUT2D eigenvalue weighted by Gasteiger charge is -2.08. The molecule has 0 unspecified atom stereocenters. The lowest BCUT2D eigenvalue weighted by molar-refractivity contribution is 0.629. The minimum absolute atomic E-state index is 0.308. The van der Waals surface area contributed by atoms with Crippen molar-refractivity contribution in [3.05, 3.63) is 65.6 Å². The van der Waals surface area contributed by atoms with E-state index in [4.69, 9.17) is 5.73 Å². The maximum atomic E-state index is 13.3. The van der Waals surface area contributed by atoms with Crippen LogP contribution in [0.3, 0.4) is 0 Å². The van der Waals surface area contributed by atoms with Gasteiger partial charge in [-0.3, -0.25) is 0 Å². The molecule has 20 heavy (non-hydrogen) atoms. The summed E-state index contributed by atoms with van der Waals surface area (Å²) in [6, 6.07) is 16.0. The van der Waals surface area contributed by atoms with E-state index < -0.39 is 0 Å². The van der Waals surface area contributed by atoms with Crippen LogP contribution in [0.2, 0.25) is 0 Å². The molecule has 0 saturated heterocycles. The van der Waals surface area contributed by atoms with E-state index in [-0.39, 0.29) is 5.82 Å². The molecule has 4 heteroatoms. The summed E-state index contributed by atoms with van der Waals surface area (Å²) in [5, 5.41) is 9.98. The molecule has 0 aliphatic carbocycles. The zero-order valence-electron chi connectivity index (χ0n) is 10.7. The van der Waals surface area contributed by atoms with E-state index in [0.717, 1.165) is 16.8 Å². The highest BCUT2D eigenvalue weighted by molar-refractivity contribution is 5.84. The van der Waals surface area contributed by atoms with Gasteiger partial charge in [0.2, 0.25) is 0 Å². The van der Waals surface area contributed by atoms with Gasteiger partial charge in [0, 0.05) is 17.6 Å². The molecule has 0 radical (unpaired) electrons. The summed E-state index contributed by atoms with van der Waals surface area (Å²) in [7, 11) is 0. The van der Waals surface area contributed by atoms with Crippen molar-refractivity contribution in [2.75, 3.05) is 0 Å². The van der Waals surface area contributed by atoms with E-state index in [1.54, 1.807) is 12.1 Å². The first-order chi connectivity index (χ1) is 9.72. The first kappa shape index (κ1) is 12.4. The number of halogens is 1. The number of hydrogen-bond donors (Lipinski definition) is 1. The molecule has 1 aromatic heterocycles. The van der Waals surface area contributed by atoms with Crippen LogP contribution in [0.4, 0.5) is 4.39 Å². The molecular weight excluding hydrogens is 253 g/mol. The molecule has 0 bridgehead atoms. The molecule has 0 spiro atoms. The van der Waals surface area contributed by atoms with Crippen LogP contribution in [0.15, 0.2) is 48.5 Å². The quantitative estimate of drug-likeness (QED) is 0.774. The molecule has 0 aliphatic heterocycles. The van der Waals surface area contributed by atoms with E-state index in [9.17, 15) is 9.65 Å². The van der Waals surface area contributed by atoms with E-state index in [2.05, 4.69) is 6.07 Å². The van der Waals surface area contributed by atoms with Gasteiger partial charge in [-0.05, 0) is 42.0 Å². The third-order valence-electron chi connectivity index (χ3n) is 3.31. The summed E-state index contributed by atoms with van der Waals surface area (Å²) >= 11 is 0. The fourth-order valence-corrected chi connectivity index (χ4v) is 2.33. The zero-order chi connectivity index (χ0) is 14.1. The van der Waals surface area contributed by atoms with E-state index in [1.165, 1.54) is 12.1 Å². The van der Waals surface area contributed by atoms with Gasteiger partial charge in [0.25, 0.3) is 0 Å². The number of nitriles is 1. The number of benzene rings is 2.